The first-order valence-corrected chi connectivity index (χ1v) is 8.16. The van der Waals surface area contributed by atoms with E-state index in [0.717, 1.165) is 12.1 Å². The standard InChI is InChI=1S/C13H7BrClFN2O2S/c14-10-3-2-9(6-12(10)16)18-21(19,20)13-5-8(7-17)1-4-11(13)15/h1-6,18H. The molecule has 0 radical (unpaired) electrons. The molecule has 0 atom stereocenters. The predicted octanol–water partition coefficient (Wildman–Crippen LogP) is 3.91. The molecule has 0 saturated heterocycles. The fourth-order valence-electron chi connectivity index (χ4n) is 1.55. The third-order valence-electron chi connectivity index (χ3n) is 2.52. The molecule has 0 unspecified atom stereocenters. The van der Waals surface area contributed by atoms with Crippen LogP contribution in [0.5, 0.6) is 0 Å². The Morgan fingerprint density at radius 2 is 1.95 bits per heavy atom. The highest BCUT2D eigenvalue weighted by atomic mass is 79.9. The van der Waals surface area contributed by atoms with Gasteiger partial charge in [-0.05, 0) is 52.3 Å². The van der Waals surface area contributed by atoms with Gasteiger partial charge in [0.05, 0.1) is 26.8 Å². The maximum Gasteiger partial charge on any atom is 0.263 e. The molecule has 108 valence electrons. The smallest absolute Gasteiger partial charge is 0.263 e. The topological polar surface area (TPSA) is 70.0 Å². The molecule has 2 rings (SSSR count). The van der Waals surface area contributed by atoms with Crippen molar-refractivity contribution < 1.29 is 12.8 Å². The SMILES string of the molecule is N#Cc1ccc(Cl)c(S(=O)(=O)Nc2ccc(Br)c(F)c2)c1. The average molecular weight is 390 g/mol. The molecule has 1 N–H and O–H groups in total. The number of hydrogen-bond donors (Lipinski definition) is 1. The summed E-state index contributed by atoms with van der Waals surface area (Å²) in [6.07, 6.45) is 0. The van der Waals surface area contributed by atoms with Crippen molar-refractivity contribution in [2.45, 2.75) is 4.90 Å². The van der Waals surface area contributed by atoms with Crippen LogP contribution in [-0.2, 0) is 10.0 Å². The number of nitrogens with one attached hydrogen (secondary N) is 1. The first-order chi connectivity index (χ1) is 9.83. The van der Waals surface area contributed by atoms with Gasteiger partial charge in [0.25, 0.3) is 10.0 Å². The van der Waals surface area contributed by atoms with Crippen molar-refractivity contribution in [2.24, 2.45) is 0 Å². The summed E-state index contributed by atoms with van der Waals surface area (Å²) in [5.41, 5.74) is 0.205. The van der Waals surface area contributed by atoms with E-state index in [9.17, 15) is 12.8 Å². The second-order valence-corrected chi connectivity index (χ2v) is 6.90. The lowest BCUT2D eigenvalue weighted by atomic mass is 10.2. The third-order valence-corrected chi connectivity index (χ3v) is 5.03. The molecule has 0 aliphatic heterocycles. The quantitative estimate of drug-likeness (QED) is 0.865. The highest BCUT2D eigenvalue weighted by Gasteiger charge is 2.19. The number of hydrogen-bond acceptors (Lipinski definition) is 3. The third kappa shape index (κ3) is 3.53. The summed E-state index contributed by atoms with van der Waals surface area (Å²) in [5.74, 6) is -0.605. The highest BCUT2D eigenvalue weighted by Crippen LogP contribution is 2.26. The van der Waals surface area contributed by atoms with E-state index in [0.29, 0.717) is 0 Å². The fourth-order valence-corrected chi connectivity index (χ4v) is 3.37. The van der Waals surface area contributed by atoms with Crippen LogP contribution in [0.15, 0.2) is 45.8 Å². The Morgan fingerprint density at radius 1 is 1.24 bits per heavy atom. The summed E-state index contributed by atoms with van der Waals surface area (Å²) in [5, 5.41) is 8.78. The zero-order valence-corrected chi connectivity index (χ0v) is 13.4. The molecule has 0 bridgehead atoms. The molecule has 0 aliphatic rings. The lowest BCUT2D eigenvalue weighted by Gasteiger charge is -2.10. The van der Waals surface area contributed by atoms with Crippen molar-refractivity contribution >= 4 is 43.2 Å². The van der Waals surface area contributed by atoms with Gasteiger partial charge in [0.2, 0.25) is 0 Å². The van der Waals surface area contributed by atoms with Crippen LogP contribution in [0.4, 0.5) is 10.1 Å². The van der Waals surface area contributed by atoms with Crippen LogP contribution in [0, 0.1) is 17.1 Å². The Kier molecular flexibility index (Phi) is 4.52. The average Bonchev–Trinajstić information content (AvgIpc) is 2.43. The number of rotatable bonds is 3. The molecule has 0 spiro atoms. The summed E-state index contributed by atoms with van der Waals surface area (Å²) in [7, 11) is -4.02. The van der Waals surface area contributed by atoms with Crippen LogP contribution in [0.3, 0.4) is 0 Å². The van der Waals surface area contributed by atoms with E-state index in [4.69, 9.17) is 16.9 Å². The van der Waals surface area contributed by atoms with Gasteiger partial charge in [-0.15, -0.1) is 0 Å². The van der Waals surface area contributed by atoms with Gasteiger partial charge < -0.3 is 0 Å². The summed E-state index contributed by atoms with van der Waals surface area (Å²) < 4.78 is 40.3. The highest BCUT2D eigenvalue weighted by molar-refractivity contribution is 9.10. The molecule has 0 heterocycles. The number of nitriles is 1. The maximum absolute atomic E-state index is 13.4. The summed E-state index contributed by atoms with van der Waals surface area (Å²) in [6.45, 7) is 0. The molecule has 0 saturated carbocycles. The number of halogens is 3. The lowest BCUT2D eigenvalue weighted by Crippen LogP contribution is -2.13. The van der Waals surface area contributed by atoms with Crippen LogP contribution in [0.25, 0.3) is 0 Å². The van der Waals surface area contributed by atoms with Gasteiger partial charge in [0, 0.05) is 0 Å². The summed E-state index contributed by atoms with van der Waals surface area (Å²) >= 11 is 8.83. The second-order valence-electron chi connectivity index (χ2n) is 3.99. The Morgan fingerprint density at radius 3 is 2.57 bits per heavy atom. The van der Waals surface area contributed by atoms with Crippen molar-refractivity contribution in [3.63, 3.8) is 0 Å². The fraction of sp³-hybridized carbons (Fsp3) is 0. The largest absolute Gasteiger partial charge is 0.279 e. The molecule has 4 nitrogen and oxygen atoms in total. The van der Waals surface area contributed by atoms with E-state index >= 15 is 0 Å². The second kappa shape index (κ2) is 6.02. The van der Waals surface area contributed by atoms with Gasteiger partial charge >= 0.3 is 0 Å². The zero-order chi connectivity index (χ0) is 15.6. The molecular weight excluding hydrogens is 383 g/mol. The monoisotopic (exact) mass is 388 g/mol. The molecule has 0 fully saturated rings. The van der Waals surface area contributed by atoms with Crippen molar-refractivity contribution in [1.82, 2.24) is 0 Å². The van der Waals surface area contributed by atoms with Crippen LogP contribution in [0.2, 0.25) is 5.02 Å². The molecule has 2 aromatic carbocycles. The van der Waals surface area contributed by atoms with Crippen LogP contribution in [-0.4, -0.2) is 8.42 Å². The Hall–Kier alpha value is -1.62. The van der Waals surface area contributed by atoms with Crippen LogP contribution in [0.1, 0.15) is 5.56 Å². The minimum Gasteiger partial charge on any atom is -0.279 e. The normalized spacial score (nSPS) is 11.0. The van der Waals surface area contributed by atoms with Gasteiger partial charge in [-0.25, -0.2) is 12.8 Å². The van der Waals surface area contributed by atoms with Gasteiger partial charge in [-0.1, -0.05) is 11.6 Å². The van der Waals surface area contributed by atoms with Gasteiger partial charge in [0.15, 0.2) is 0 Å². The van der Waals surface area contributed by atoms with E-state index in [1.807, 2.05) is 6.07 Å². The van der Waals surface area contributed by atoms with E-state index in [1.54, 1.807) is 0 Å². The zero-order valence-electron chi connectivity index (χ0n) is 10.3. The van der Waals surface area contributed by atoms with Crippen molar-refractivity contribution in [2.75, 3.05) is 4.72 Å². The summed E-state index contributed by atoms with van der Waals surface area (Å²) in [6, 6.07) is 9.50. The molecular formula is C13H7BrClFN2O2S. The molecule has 0 amide bonds. The number of benzene rings is 2. The van der Waals surface area contributed by atoms with E-state index in [2.05, 4.69) is 20.7 Å². The Labute approximate surface area is 134 Å². The first kappa shape index (κ1) is 15.8. The Balaban J connectivity index is 2.43. The van der Waals surface area contributed by atoms with Crippen molar-refractivity contribution in [3.05, 3.63) is 57.3 Å². The van der Waals surface area contributed by atoms with Gasteiger partial charge in [0.1, 0.15) is 10.7 Å². The van der Waals surface area contributed by atoms with Crippen molar-refractivity contribution in [3.8, 4) is 6.07 Å². The van der Waals surface area contributed by atoms with Gasteiger partial charge in [-0.2, -0.15) is 5.26 Å². The van der Waals surface area contributed by atoms with Crippen LogP contribution >= 0.6 is 27.5 Å². The van der Waals surface area contributed by atoms with E-state index in [1.165, 1.54) is 24.3 Å². The minimum absolute atomic E-state index is 0.0286. The maximum atomic E-state index is 13.4. The predicted molar refractivity (Wildman–Crippen MR) is 81.1 cm³/mol. The molecule has 8 heteroatoms. The molecule has 0 aromatic heterocycles. The number of anilines is 1. The lowest BCUT2D eigenvalue weighted by molar-refractivity contribution is 0.601. The number of nitrogens with zero attached hydrogens (tertiary/aromatic N) is 1. The molecule has 21 heavy (non-hydrogen) atoms. The first-order valence-electron chi connectivity index (χ1n) is 5.51. The minimum atomic E-state index is -4.02. The summed E-state index contributed by atoms with van der Waals surface area (Å²) in [4.78, 5) is -0.244. The Bertz CT molecular complexity index is 850. The van der Waals surface area contributed by atoms with Crippen molar-refractivity contribution in [1.29, 1.82) is 5.26 Å². The van der Waals surface area contributed by atoms with Gasteiger partial charge in [-0.3, -0.25) is 4.72 Å². The number of sulfonamides is 1. The van der Waals surface area contributed by atoms with E-state index < -0.39 is 15.8 Å². The molecule has 2 aromatic rings. The van der Waals surface area contributed by atoms with E-state index in [-0.39, 0.29) is 25.6 Å². The molecule has 0 aliphatic carbocycles. The van der Waals surface area contributed by atoms with Crippen LogP contribution < -0.4 is 4.72 Å².